The van der Waals surface area contributed by atoms with Gasteiger partial charge < -0.3 is 10.6 Å². The summed E-state index contributed by atoms with van der Waals surface area (Å²) in [5.74, 6) is 0. The molecule has 0 saturated carbocycles. The number of benzene rings is 1. The first-order valence-electron chi connectivity index (χ1n) is 6.91. The molecule has 3 aliphatic rings. The highest BCUT2D eigenvalue weighted by atomic mass is 32.2. The van der Waals surface area contributed by atoms with Gasteiger partial charge in [-0.1, -0.05) is 59.2 Å². The van der Waals surface area contributed by atoms with Crippen molar-refractivity contribution in [1.82, 2.24) is 0 Å². The first kappa shape index (κ1) is 14.5. The van der Waals surface area contributed by atoms with E-state index in [0.29, 0.717) is 0 Å². The molecule has 7 heteroatoms. The topological polar surface area (TPSA) is 24.1 Å². The predicted octanol–water partition coefficient (Wildman–Crippen LogP) is 5.58. The van der Waals surface area contributed by atoms with Crippen LogP contribution in [0.2, 0.25) is 0 Å². The number of thiophene rings is 1. The van der Waals surface area contributed by atoms with E-state index in [1.807, 2.05) is 58.4 Å². The Morgan fingerprint density at radius 3 is 1.48 bits per heavy atom. The second-order valence-electron chi connectivity index (χ2n) is 4.90. The number of rotatable bonds is 0. The largest absolute Gasteiger partial charge is 0.351 e. The predicted molar refractivity (Wildman–Crippen MR) is 112 cm³/mol. The van der Waals surface area contributed by atoms with Gasteiger partial charge in [-0.3, -0.25) is 0 Å². The molecule has 114 valence electrons. The molecular weight excluding hydrogens is 381 g/mol. The van der Waals surface area contributed by atoms with Crippen LogP contribution < -0.4 is 19.7 Å². The van der Waals surface area contributed by atoms with E-state index >= 15 is 0 Å². The van der Waals surface area contributed by atoms with Crippen LogP contribution in [0.5, 0.6) is 0 Å². The third-order valence-corrected chi connectivity index (χ3v) is 9.54. The van der Waals surface area contributed by atoms with E-state index < -0.39 is 0 Å². The van der Waals surface area contributed by atoms with Crippen molar-refractivity contribution in [2.24, 2.45) is 0 Å². The molecule has 5 rings (SSSR count). The van der Waals surface area contributed by atoms with Gasteiger partial charge in [-0.15, -0.1) is 11.3 Å². The summed E-state index contributed by atoms with van der Waals surface area (Å²) in [7, 11) is 0. The van der Waals surface area contributed by atoms with Gasteiger partial charge in [0.25, 0.3) is 0 Å². The van der Waals surface area contributed by atoms with Gasteiger partial charge in [-0.2, -0.15) is 0 Å². The maximum atomic E-state index is 3.65. The summed E-state index contributed by atoms with van der Waals surface area (Å²) < 4.78 is 5.37. The minimum absolute atomic E-state index is 1.14. The van der Waals surface area contributed by atoms with Crippen molar-refractivity contribution >= 4 is 89.6 Å². The van der Waals surface area contributed by atoms with Gasteiger partial charge in [-0.25, -0.2) is 0 Å². The van der Waals surface area contributed by atoms with Crippen molar-refractivity contribution in [1.29, 1.82) is 0 Å². The number of anilines is 4. The summed E-state index contributed by atoms with van der Waals surface area (Å²) in [6.07, 6.45) is 0. The molecule has 0 unspecified atom stereocenters. The van der Waals surface area contributed by atoms with Crippen LogP contribution in [0, 0.1) is 0 Å². The molecule has 0 spiro atoms. The van der Waals surface area contributed by atoms with Gasteiger partial charge in [-0.05, 0) is 33.8 Å². The fraction of sp³-hybridized carbons (Fsp3) is 0. The van der Waals surface area contributed by atoms with Crippen LogP contribution in [0.4, 0.5) is 22.7 Å². The van der Waals surface area contributed by atoms with Crippen molar-refractivity contribution < 1.29 is 0 Å². The highest BCUT2D eigenvalue weighted by Gasteiger charge is 2.22. The molecule has 3 aliphatic heterocycles. The van der Waals surface area contributed by atoms with E-state index in [1.54, 1.807) is 0 Å². The van der Waals surface area contributed by atoms with Gasteiger partial charge in [0, 0.05) is 0 Å². The van der Waals surface area contributed by atoms with Crippen LogP contribution in [0.3, 0.4) is 0 Å². The van der Waals surface area contributed by atoms with Crippen molar-refractivity contribution in [3.05, 3.63) is 55.0 Å². The maximum Gasteiger partial charge on any atom is 0.0831 e. The van der Waals surface area contributed by atoms with E-state index in [-0.39, 0.29) is 0 Å². The Morgan fingerprint density at radius 2 is 1.04 bits per heavy atom. The van der Waals surface area contributed by atoms with E-state index in [2.05, 4.69) is 56.5 Å². The second-order valence-corrected chi connectivity index (χ2v) is 10.1. The van der Waals surface area contributed by atoms with E-state index in [9.17, 15) is 0 Å². The van der Waals surface area contributed by atoms with Gasteiger partial charge in [0.15, 0.2) is 0 Å². The van der Waals surface area contributed by atoms with Gasteiger partial charge in [0.1, 0.15) is 0 Å². The van der Waals surface area contributed by atoms with Gasteiger partial charge in [0.2, 0.25) is 0 Å². The zero-order valence-corrected chi connectivity index (χ0v) is 15.7. The third-order valence-electron chi connectivity index (χ3n) is 3.54. The van der Waals surface area contributed by atoms with Gasteiger partial charge in [0.05, 0.1) is 40.3 Å². The molecule has 0 bridgehead atoms. The molecule has 0 aliphatic carbocycles. The molecule has 0 fully saturated rings. The lowest BCUT2D eigenvalue weighted by Crippen LogP contribution is -2.13. The Kier molecular flexibility index (Phi) is 3.71. The lowest BCUT2D eigenvalue weighted by atomic mass is 10.2. The van der Waals surface area contributed by atoms with Crippen molar-refractivity contribution in [2.75, 3.05) is 10.6 Å². The lowest BCUT2D eigenvalue weighted by Gasteiger charge is -2.20. The number of hydrogen-bond donors (Lipinski definition) is 2. The maximum absolute atomic E-state index is 3.65. The number of nitrogens with one attached hydrogen (secondary N) is 2. The minimum atomic E-state index is 1.14. The molecule has 0 amide bonds. The number of fused-ring (bicyclic) bond motifs is 2. The SMILES string of the molecule is C1=CSC(=c2sc(=C3SC=CS3)c3c2Nc2ccccc2N3)S1. The molecule has 0 saturated heterocycles. The summed E-state index contributed by atoms with van der Waals surface area (Å²) in [5.41, 5.74) is 4.70. The van der Waals surface area contributed by atoms with Crippen molar-refractivity contribution in [2.45, 2.75) is 0 Å². The van der Waals surface area contributed by atoms with Crippen LogP contribution in [-0.2, 0) is 0 Å². The Morgan fingerprint density at radius 1 is 0.609 bits per heavy atom. The van der Waals surface area contributed by atoms with Crippen molar-refractivity contribution in [3.63, 3.8) is 0 Å². The highest BCUT2D eigenvalue weighted by Crippen LogP contribution is 2.44. The molecule has 1 aromatic heterocycles. The van der Waals surface area contributed by atoms with Gasteiger partial charge >= 0.3 is 0 Å². The van der Waals surface area contributed by atoms with Crippen LogP contribution >= 0.6 is 58.4 Å². The first-order valence-corrected chi connectivity index (χ1v) is 11.2. The number of thioether (sulfide) groups is 4. The van der Waals surface area contributed by atoms with E-state index in [0.717, 1.165) is 11.4 Å². The standard InChI is InChI=1S/C16H10N2S5/c1-2-4-10-9(3-1)17-11-12(18-10)14(16-21-7-8-22-16)23-13(11)15-19-5-6-20-15/h1-8,17-18H. The lowest BCUT2D eigenvalue weighted by molar-refractivity contribution is 1.46. The molecule has 4 heterocycles. The van der Waals surface area contributed by atoms with E-state index in [4.69, 9.17) is 0 Å². The van der Waals surface area contributed by atoms with E-state index in [1.165, 1.54) is 28.9 Å². The Hall–Kier alpha value is -0.860. The summed E-state index contributed by atoms with van der Waals surface area (Å²) >= 11 is 9.11. The zero-order chi connectivity index (χ0) is 15.2. The fourth-order valence-electron chi connectivity index (χ4n) is 2.56. The smallest absolute Gasteiger partial charge is 0.0831 e. The Bertz CT molecular complexity index is 889. The second kappa shape index (κ2) is 5.89. The van der Waals surface area contributed by atoms with Crippen LogP contribution in [0.1, 0.15) is 0 Å². The quantitative estimate of drug-likeness (QED) is 0.519. The summed E-state index contributed by atoms with van der Waals surface area (Å²) in [6.45, 7) is 0. The average Bonchev–Trinajstić information content (AvgIpc) is 3.32. The van der Waals surface area contributed by atoms with Crippen LogP contribution in [0.15, 0.2) is 45.9 Å². The Labute approximate surface area is 154 Å². The number of para-hydroxylation sites is 2. The normalized spacial score (nSPS) is 17.9. The molecular formula is C16H10N2S5. The molecule has 0 atom stereocenters. The molecule has 23 heavy (non-hydrogen) atoms. The first-order chi connectivity index (χ1) is 11.4. The third kappa shape index (κ3) is 2.46. The summed E-state index contributed by atoms with van der Waals surface area (Å²) in [4.78, 5) is 0. The molecule has 2 N–H and O–H groups in total. The summed E-state index contributed by atoms with van der Waals surface area (Å²) in [6, 6.07) is 8.39. The Balaban J connectivity index is 1.78. The monoisotopic (exact) mass is 390 g/mol. The minimum Gasteiger partial charge on any atom is -0.351 e. The summed E-state index contributed by atoms with van der Waals surface area (Å²) in [5, 5.41) is 15.9. The average molecular weight is 391 g/mol. The van der Waals surface area contributed by atoms with Crippen molar-refractivity contribution in [3.8, 4) is 0 Å². The van der Waals surface area contributed by atoms with Crippen LogP contribution in [0.25, 0.3) is 8.47 Å². The zero-order valence-electron chi connectivity index (χ0n) is 11.7. The highest BCUT2D eigenvalue weighted by molar-refractivity contribution is 8.35. The fourth-order valence-corrected chi connectivity index (χ4v) is 7.84. The van der Waals surface area contributed by atoms with Crippen LogP contribution in [-0.4, -0.2) is 0 Å². The molecule has 1 aromatic carbocycles. The molecule has 2 aromatic rings. The number of hydrogen-bond acceptors (Lipinski definition) is 7. The molecule has 0 radical (unpaired) electrons. The molecule has 2 nitrogen and oxygen atoms in total.